The second-order valence-electron chi connectivity index (χ2n) is 10.3. The summed E-state index contributed by atoms with van der Waals surface area (Å²) in [6.45, 7) is 4.77. The van der Waals surface area contributed by atoms with E-state index < -0.39 is 6.10 Å². The van der Waals surface area contributed by atoms with Gasteiger partial charge in [-0.2, -0.15) is 0 Å². The van der Waals surface area contributed by atoms with Crippen molar-refractivity contribution < 1.29 is 38.6 Å². The van der Waals surface area contributed by atoms with Crippen LogP contribution in [-0.4, -0.2) is 103 Å². The van der Waals surface area contributed by atoms with Crippen LogP contribution in [0.2, 0.25) is 0 Å². The molecule has 0 aromatic heterocycles. The molecule has 1 fully saturated rings. The highest BCUT2D eigenvalue weighted by Gasteiger charge is 2.36. The molecular formula is C31H48N2O8. The van der Waals surface area contributed by atoms with Crippen LogP contribution in [0.15, 0.2) is 42.5 Å². The van der Waals surface area contributed by atoms with Gasteiger partial charge in [-0.3, -0.25) is 0 Å². The van der Waals surface area contributed by atoms with Crippen molar-refractivity contribution in [1.29, 1.82) is 0 Å². The minimum absolute atomic E-state index is 0.0643. The second kappa shape index (κ2) is 18.9. The van der Waals surface area contributed by atoms with Gasteiger partial charge in [0.2, 0.25) is 0 Å². The van der Waals surface area contributed by atoms with Crippen molar-refractivity contribution >= 4 is 5.69 Å². The first-order valence-electron chi connectivity index (χ1n) is 14.4. The molecule has 0 amide bonds. The molecule has 10 heteroatoms. The molecule has 0 spiro atoms. The number of unbranched alkanes of at least 4 members (excludes halogenated alkanes) is 1. The first-order valence-corrected chi connectivity index (χ1v) is 14.4. The number of anilines is 1. The minimum atomic E-state index is -0.706. The molecule has 0 radical (unpaired) electrons. The van der Waals surface area contributed by atoms with Gasteiger partial charge in [-0.1, -0.05) is 18.2 Å². The smallest absolute Gasteiger partial charge is 0.138 e. The number of phenols is 1. The first kappa shape index (κ1) is 33.1. The van der Waals surface area contributed by atoms with Crippen molar-refractivity contribution in [3.63, 3.8) is 0 Å². The Kier molecular flexibility index (Phi) is 15.2. The highest BCUT2D eigenvalue weighted by Crippen LogP contribution is 2.33. The molecule has 0 aliphatic carbocycles. The van der Waals surface area contributed by atoms with Gasteiger partial charge in [-0.25, -0.2) is 0 Å². The van der Waals surface area contributed by atoms with Crippen LogP contribution in [0.5, 0.6) is 11.5 Å². The molecule has 41 heavy (non-hydrogen) atoms. The fraction of sp³-hybridized carbons (Fsp3) is 0.613. The Labute approximate surface area is 244 Å². The molecule has 4 atom stereocenters. The van der Waals surface area contributed by atoms with Crippen LogP contribution in [0.4, 0.5) is 5.69 Å². The van der Waals surface area contributed by atoms with Crippen LogP contribution in [0, 0.1) is 0 Å². The normalized spacial score (nSPS) is 19.7. The van der Waals surface area contributed by atoms with E-state index in [0.717, 1.165) is 42.7 Å². The summed E-state index contributed by atoms with van der Waals surface area (Å²) in [5, 5.41) is 27.2. The number of phenolic OH excluding ortho intramolecular Hbond substituents is 1. The molecule has 0 bridgehead atoms. The molecule has 1 aliphatic rings. The maximum Gasteiger partial charge on any atom is 0.138 e. The molecular weight excluding hydrogens is 528 g/mol. The molecule has 0 saturated carbocycles. The molecule has 230 valence electrons. The summed E-state index contributed by atoms with van der Waals surface area (Å²) in [6.07, 6.45) is 1.64. The Morgan fingerprint density at radius 2 is 1.56 bits per heavy atom. The zero-order chi connectivity index (χ0) is 29.3. The van der Waals surface area contributed by atoms with Gasteiger partial charge in [0.15, 0.2) is 0 Å². The average Bonchev–Trinajstić information content (AvgIpc) is 2.99. The van der Waals surface area contributed by atoms with E-state index in [-0.39, 0.29) is 37.1 Å². The molecule has 1 saturated heterocycles. The van der Waals surface area contributed by atoms with Crippen molar-refractivity contribution in [2.24, 2.45) is 0 Å². The monoisotopic (exact) mass is 576 g/mol. The van der Waals surface area contributed by atoms with Crippen LogP contribution in [0.3, 0.4) is 0 Å². The Morgan fingerprint density at radius 3 is 2.29 bits per heavy atom. The quantitative estimate of drug-likeness (QED) is 0.138. The van der Waals surface area contributed by atoms with Crippen LogP contribution in [0.25, 0.3) is 0 Å². The number of methoxy groups -OCH3 is 3. The van der Waals surface area contributed by atoms with E-state index in [4.69, 9.17) is 28.4 Å². The van der Waals surface area contributed by atoms with E-state index in [9.17, 15) is 10.2 Å². The Bertz CT molecular complexity index is 977. The summed E-state index contributed by atoms with van der Waals surface area (Å²) in [6, 6.07) is 13.6. The number of piperidine rings is 1. The van der Waals surface area contributed by atoms with Gasteiger partial charge in [0.1, 0.15) is 17.6 Å². The third-order valence-electron chi connectivity index (χ3n) is 7.00. The van der Waals surface area contributed by atoms with Gasteiger partial charge in [0.25, 0.3) is 0 Å². The van der Waals surface area contributed by atoms with Crippen LogP contribution < -0.4 is 15.4 Å². The van der Waals surface area contributed by atoms with Crippen LogP contribution in [0.1, 0.15) is 36.3 Å². The Balaban J connectivity index is 1.69. The summed E-state index contributed by atoms with van der Waals surface area (Å²) < 4.78 is 33.9. The number of aliphatic hydroxyl groups is 1. The van der Waals surface area contributed by atoms with E-state index >= 15 is 0 Å². The second-order valence-corrected chi connectivity index (χ2v) is 10.3. The predicted octanol–water partition coefficient (Wildman–Crippen LogP) is 3.31. The minimum Gasteiger partial charge on any atom is -0.506 e. The summed E-state index contributed by atoms with van der Waals surface area (Å²) in [5.74, 6) is 0.957. The van der Waals surface area contributed by atoms with Gasteiger partial charge in [-0.15, -0.1) is 0 Å². The van der Waals surface area contributed by atoms with Crippen LogP contribution in [-0.2, 0) is 30.3 Å². The Hall–Kier alpha value is -2.44. The van der Waals surface area contributed by atoms with Crippen molar-refractivity contribution in [2.45, 2.75) is 50.1 Å². The number of ether oxygens (including phenoxy) is 6. The third-order valence-corrected chi connectivity index (χ3v) is 7.00. The first-order chi connectivity index (χ1) is 20.0. The zero-order valence-corrected chi connectivity index (χ0v) is 24.7. The fourth-order valence-corrected chi connectivity index (χ4v) is 4.87. The van der Waals surface area contributed by atoms with E-state index in [1.54, 1.807) is 27.4 Å². The summed E-state index contributed by atoms with van der Waals surface area (Å²) in [7, 11) is 4.94. The van der Waals surface area contributed by atoms with Gasteiger partial charge >= 0.3 is 0 Å². The summed E-state index contributed by atoms with van der Waals surface area (Å²) in [5.41, 5.74) is 2.71. The standard InChI is InChI=1S/C31H48N2O8/c1-36-14-4-5-16-39-26-10-8-24(9-11-26)31-29(18-32-19-30(31)41-22-25(34)21-38-3)40-20-23-7-12-28(35)27(17-23)33-13-6-15-37-2/h7-12,17,25,29-35H,4-6,13-16,18-22H2,1-3H3/t25-,29+,30-,31-/m1/s1. The van der Waals surface area contributed by atoms with Gasteiger partial charge < -0.3 is 49.3 Å². The number of benzene rings is 2. The number of aromatic hydroxyl groups is 1. The SMILES string of the molecule is COCCCCOc1ccc([C@@H]2[C@@H](OCc3ccc(O)c(NCCCOC)c3)CNC[C@H]2OC[C@H](O)COC)cc1. The molecule has 4 N–H and O–H groups in total. The maximum absolute atomic E-state index is 10.3. The zero-order valence-electron chi connectivity index (χ0n) is 24.7. The van der Waals surface area contributed by atoms with E-state index in [1.807, 2.05) is 24.3 Å². The molecule has 0 unspecified atom stereocenters. The molecule has 10 nitrogen and oxygen atoms in total. The number of nitrogens with one attached hydrogen (secondary N) is 2. The molecule has 1 aliphatic heterocycles. The van der Waals surface area contributed by atoms with Crippen molar-refractivity contribution in [2.75, 3.05) is 79.3 Å². The van der Waals surface area contributed by atoms with E-state index in [0.29, 0.717) is 45.1 Å². The fourth-order valence-electron chi connectivity index (χ4n) is 4.87. The van der Waals surface area contributed by atoms with Crippen molar-refractivity contribution in [3.8, 4) is 11.5 Å². The largest absolute Gasteiger partial charge is 0.506 e. The third kappa shape index (κ3) is 11.4. The number of hydrogen-bond acceptors (Lipinski definition) is 10. The molecule has 1 heterocycles. The van der Waals surface area contributed by atoms with Crippen molar-refractivity contribution in [3.05, 3.63) is 53.6 Å². The maximum atomic E-state index is 10.3. The molecule has 3 rings (SSSR count). The van der Waals surface area contributed by atoms with Gasteiger partial charge in [0, 0.05) is 60.1 Å². The Morgan fingerprint density at radius 1 is 0.854 bits per heavy atom. The predicted molar refractivity (Wildman–Crippen MR) is 158 cm³/mol. The van der Waals surface area contributed by atoms with E-state index in [2.05, 4.69) is 22.8 Å². The number of hydrogen-bond donors (Lipinski definition) is 4. The summed E-state index contributed by atoms with van der Waals surface area (Å²) in [4.78, 5) is 0. The lowest BCUT2D eigenvalue weighted by Crippen LogP contribution is -2.51. The van der Waals surface area contributed by atoms with Gasteiger partial charge in [-0.05, 0) is 54.7 Å². The highest BCUT2D eigenvalue weighted by molar-refractivity contribution is 5.57. The average molecular weight is 577 g/mol. The van der Waals surface area contributed by atoms with Gasteiger partial charge in [0.05, 0.1) is 44.3 Å². The lowest BCUT2D eigenvalue weighted by molar-refractivity contribution is -0.0856. The highest BCUT2D eigenvalue weighted by atomic mass is 16.5. The van der Waals surface area contributed by atoms with Crippen molar-refractivity contribution in [1.82, 2.24) is 5.32 Å². The lowest BCUT2D eigenvalue weighted by Gasteiger charge is -2.39. The molecule has 2 aromatic carbocycles. The van der Waals surface area contributed by atoms with Crippen LogP contribution >= 0.6 is 0 Å². The number of rotatable bonds is 20. The topological polar surface area (TPSA) is 120 Å². The lowest BCUT2D eigenvalue weighted by atomic mass is 9.85. The summed E-state index contributed by atoms with van der Waals surface area (Å²) >= 11 is 0. The van der Waals surface area contributed by atoms with E-state index in [1.165, 1.54) is 0 Å². The number of aliphatic hydroxyl groups excluding tert-OH is 1. The molecule has 2 aromatic rings.